The topological polar surface area (TPSA) is 180 Å². The van der Waals surface area contributed by atoms with Crippen molar-refractivity contribution in [1.29, 1.82) is 0 Å². The number of carbonyl (C=O) groups is 2. The number of ether oxygens (including phenoxy) is 1. The maximum Gasteiger partial charge on any atom is 0.306 e. The number of nitrogens with zero attached hydrogens (tertiary/aromatic N) is 11. The highest BCUT2D eigenvalue weighted by molar-refractivity contribution is 7.19. The number of morpholine rings is 1. The van der Waals surface area contributed by atoms with Crippen LogP contribution in [0, 0.1) is 11.8 Å². The predicted molar refractivity (Wildman–Crippen MR) is 310 cm³/mol. The first-order chi connectivity index (χ1) is 37.3. The highest BCUT2D eigenvalue weighted by atomic mass is 32.1. The summed E-state index contributed by atoms with van der Waals surface area (Å²) in [6, 6.07) is 10.3. The second-order valence-corrected chi connectivity index (χ2v) is 24.9. The van der Waals surface area contributed by atoms with Gasteiger partial charge in [-0.1, -0.05) is 0 Å². The van der Waals surface area contributed by atoms with Crippen molar-refractivity contribution < 1.29 is 19.4 Å². The van der Waals surface area contributed by atoms with Crippen LogP contribution in [0.3, 0.4) is 0 Å². The van der Waals surface area contributed by atoms with Crippen molar-refractivity contribution in [2.24, 2.45) is 21.8 Å². The van der Waals surface area contributed by atoms with Crippen LogP contribution >= 0.6 is 22.7 Å². The number of aryl methyl sites for hydroxylation is 2. The lowest BCUT2D eigenvalue weighted by Gasteiger charge is -2.38. The molecule has 0 bridgehead atoms. The number of hydrogen-bond acceptors (Lipinski definition) is 17. The molecule has 77 heavy (non-hydrogen) atoms. The number of amides is 1. The van der Waals surface area contributed by atoms with Crippen LogP contribution in [0.1, 0.15) is 95.5 Å². The number of carbonyl (C=O) groups excluding carboxylic acids is 1. The van der Waals surface area contributed by atoms with Gasteiger partial charge < -0.3 is 45.0 Å². The summed E-state index contributed by atoms with van der Waals surface area (Å²) in [4.78, 5) is 68.8. The van der Waals surface area contributed by atoms with E-state index >= 15 is 0 Å². The highest BCUT2D eigenvalue weighted by Gasteiger charge is 2.36. The molecule has 3 saturated heterocycles. The molecule has 3 N–H and O–H groups in total. The number of aliphatic imine (C=N–C) groups is 2. The van der Waals surface area contributed by atoms with E-state index in [-0.39, 0.29) is 30.0 Å². The highest BCUT2D eigenvalue weighted by Crippen LogP contribution is 2.45. The monoisotopic (exact) mass is 1080 g/mol. The molecule has 7 aliphatic rings. The standard InChI is InChI=1S/C32H41N7O2S.C26H30N6O2S/c1-19-16-39(17-20(2)41-19)32(40)21-5-6-25-28(13-21)42-31-29(25)30(34-18-35-31)36-26-11-22-14-33-15-23(22)12-27(26)38-9-7-24(8-10-38)37(3)4;1-31(2)18-5-7-32(8-6-18)21-10-17-13-27-12-16(17)9-20(21)30-24-23-19-4-3-15(26(33)34)11-22(19)35-25(23)29-14-28-24/h11-12,14,18-21,24H,5-10,13,15-17H2,1-4H3,(H,34,35,36);9-10,12,14-15,18H,3-8,11,13H2,1-2H3,(H,33,34)(H,28,29,30)/t19-,20+,21-;15-/m00/s1. The Morgan fingerprint density at radius 2 is 1.09 bits per heavy atom. The first-order valence-electron chi connectivity index (χ1n) is 27.7. The predicted octanol–water partition coefficient (Wildman–Crippen LogP) is 8.73. The quantitative estimate of drug-likeness (QED) is 0.119. The van der Waals surface area contributed by atoms with E-state index in [1.54, 1.807) is 35.3 Å². The fraction of sp³-hybridized carbons (Fsp3) is 0.517. The lowest BCUT2D eigenvalue weighted by atomic mass is 9.86. The van der Waals surface area contributed by atoms with Crippen molar-refractivity contribution >= 4 is 102 Å². The molecule has 0 spiro atoms. The normalized spacial score (nSPS) is 22.3. The molecule has 13 rings (SSSR count). The summed E-state index contributed by atoms with van der Waals surface area (Å²) in [5, 5.41) is 19.1. The molecule has 5 aliphatic heterocycles. The van der Waals surface area contributed by atoms with E-state index in [4.69, 9.17) is 9.72 Å². The van der Waals surface area contributed by atoms with E-state index in [1.165, 1.54) is 44.1 Å². The van der Waals surface area contributed by atoms with Crippen LogP contribution in [0.4, 0.5) is 34.4 Å². The summed E-state index contributed by atoms with van der Waals surface area (Å²) in [7, 11) is 8.70. The molecule has 2 aromatic carbocycles. The molecule has 19 heteroatoms. The number of rotatable bonds is 10. The lowest BCUT2D eigenvalue weighted by molar-refractivity contribution is -0.147. The zero-order chi connectivity index (χ0) is 53.1. The number of nitrogens with one attached hydrogen (secondary N) is 2. The number of carboxylic acid groups (broad SMARTS) is 1. The van der Waals surface area contributed by atoms with Gasteiger partial charge in [-0.3, -0.25) is 19.6 Å². The third kappa shape index (κ3) is 10.4. The fourth-order valence-corrected chi connectivity index (χ4v) is 15.5. The van der Waals surface area contributed by atoms with Gasteiger partial charge in [0.1, 0.15) is 34.0 Å². The summed E-state index contributed by atoms with van der Waals surface area (Å²) in [6.45, 7) is 11.0. The Morgan fingerprint density at radius 1 is 0.636 bits per heavy atom. The van der Waals surface area contributed by atoms with Crippen LogP contribution in [0.5, 0.6) is 0 Å². The Hall–Kier alpha value is -6.12. The van der Waals surface area contributed by atoms with Crippen LogP contribution in [-0.2, 0) is 53.1 Å². The minimum atomic E-state index is -0.708. The minimum Gasteiger partial charge on any atom is -0.481 e. The molecule has 3 fully saturated rings. The Bertz CT molecular complexity index is 3270. The van der Waals surface area contributed by atoms with Gasteiger partial charge in [-0.25, -0.2) is 19.9 Å². The number of aromatic nitrogens is 4. The second kappa shape index (κ2) is 21.6. The van der Waals surface area contributed by atoms with Crippen molar-refractivity contribution in [3.63, 3.8) is 0 Å². The maximum absolute atomic E-state index is 13.5. The van der Waals surface area contributed by atoms with Gasteiger partial charge in [-0.15, -0.1) is 22.7 Å². The first kappa shape index (κ1) is 51.6. The summed E-state index contributed by atoms with van der Waals surface area (Å²) < 4.78 is 5.87. The Balaban J connectivity index is 0.000000157. The molecule has 0 radical (unpaired) electrons. The number of hydrogen-bond donors (Lipinski definition) is 3. The number of fused-ring (bicyclic) bond motifs is 8. The number of carboxylic acids is 1. The van der Waals surface area contributed by atoms with Gasteiger partial charge in [0, 0.05) is 79.5 Å². The molecule has 0 saturated carbocycles. The number of benzene rings is 2. The summed E-state index contributed by atoms with van der Waals surface area (Å²) in [5.41, 5.74) is 11.9. The van der Waals surface area contributed by atoms with Crippen molar-refractivity contribution in [3.8, 4) is 0 Å². The molecule has 404 valence electrons. The van der Waals surface area contributed by atoms with Gasteiger partial charge in [0.2, 0.25) is 5.91 Å². The number of piperidine rings is 2. The third-order valence-corrected chi connectivity index (χ3v) is 19.5. The number of aliphatic carboxylic acids is 1. The van der Waals surface area contributed by atoms with Crippen LogP contribution in [0.2, 0.25) is 0 Å². The Labute approximate surface area is 458 Å². The SMILES string of the molecule is CN(C)C1CCN(c2cc3c(cc2Nc2ncnc4sc5c(c24)CC[C@H](C(=O)O)C5)C=NC3)CC1.C[C@@H]1CN(C(=O)[C@H]2CCc3c(sc4ncnc(Nc5cc6c(cc5N5CCC(N(C)C)CC5)CN=C6)c34)C2)C[C@H](C)O1. The molecule has 4 aromatic heterocycles. The van der Waals surface area contributed by atoms with Crippen molar-refractivity contribution in [2.75, 3.05) is 87.9 Å². The van der Waals surface area contributed by atoms with E-state index in [0.29, 0.717) is 38.0 Å². The van der Waals surface area contributed by atoms with Crippen LogP contribution in [0.25, 0.3) is 20.4 Å². The summed E-state index contributed by atoms with van der Waals surface area (Å²) in [6.07, 6.45) is 16.4. The van der Waals surface area contributed by atoms with Crippen LogP contribution < -0.4 is 20.4 Å². The smallest absolute Gasteiger partial charge is 0.306 e. The lowest BCUT2D eigenvalue weighted by Crippen LogP contribution is -2.50. The molecule has 9 heterocycles. The van der Waals surface area contributed by atoms with Crippen molar-refractivity contribution in [3.05, 3.63) is 80.1 Å². The van der Waals surface area contributed by atoms with E-state index < -0.39 is 5.97 Å². The Kier molecular flexibility index (Phi) is 14.5. The first-order valence-corrected chi connectivity index (χ1v) is 29.3. The second-order valence-electron chi connectivity index (χ2n) is 22.7. The van der Waals surface area contributed by atoms with E-state index in [2.05, 4.69) is 121 Å². The van der Waals surface area contributed by atoms with Crippen molar-refractivity contribution in [1.82, 2.24) is 34.6 Å². The van der Waals surface area contributed by atoms with Gasteiger partial charge >= 0.3 is 5.97 Å². The minimum absolute atomic E-state index is 0.0140. The molecule has 2 aliphatic carbocycles. The zero-order valence-corrected chi connectivity index (χ0v) is 46.9. The number of thiophene rings is 2. The molecule has 6 aromatic rings. The average molecular weight is 1080 g/mol. The molecule has 1 amide bonds. The van der Waals surface area contributed by atoms with Crippen LogP contribution in [0.15, 0.2) is 46.9 Å². The largest absolute Gasteiger partial charge is 0.481 e. The molecular weight excluding hydrogens is 1010 g/mol. The molecule has 17 nitrogen and oxygen atoms in total. The molecule has 0 unspecified atom stereocenters. The fourth-order valence-electron chi connectivity index (χ4n) is 13.0. The molecular formula is C58H71N13O4S2. The van der Waals surface area contributed by atoms with Gasteiger partial charge in [0.25, 0.3) is 0 Å². The van der Waals surface area contributed by atoms with E-state index in [9.17, 15) is 14.7 Å². The van der Waals surface area contributed by atoms with Crippen molar-refractivity contribution in [2.45, 2.75) is 115 Å². The summed E-state index contributed by atoms with van der Waals surface area (Å²) in [5.74, 6) is 0.929. The third-order valence-electron chi connectivity index (χ3n) is 17.2. The summed E-state index contributed by atoms with van der Waals surface area (Å²) >= 11 is 3.34. The van der Waals surface area contributed by atoms with Gasteiger partial charge in [-0.05, 0) is 164 Å². The number of anilines is 6. The molecule has 4 atom stereocenters. The van der Waals surface area contributed by atoms with E-state index in [1.807, 2.05) is 17.3 Å². The van der Waals surface area contributed by atoms with Gasteiger partial charge in [0.15, 0.2) is 0 Å². The van der Waals surface area contributed by atoms with Crippen LogP contribution in [-0.4, -0.2) is 156 Å². The average Bonchev–Trinajstić information content (AvgIpc) is 4.26. The van der Waals surface area contributed by atoms with Gasteiger partial charge in [-0.2, -0.15) is 0 Å². The zero-order valence-electron chi connectivity index (χ0n) is 45.2. The maximum atomic E-state index is 13.5. The van der Waals surface area contributed by atoms with E-state index in [0.717, 1.165) is 145 Å². The Morgan fingerprint density at radius 3 is 1.55 bits per heavy atom. The van der Waals surface area contributed by atoms with Gasteiger partial charge in [0.05, 0.1) is 64.7 Å².